The molecule has 0 bridgehead atoms. The molecule has 6 heteroatoms. The van der Waals surface area contributed by atoms with Gasteiger partial charge in [0, 0.05) is 11.6 Å². The molecule has 2 N–H and O–H groups in total. The lowest BCUT2D eigenvalue weighted by atomic mass is 10.1. The molecule has 1 aromatic carbocycles. The van der Waals surface area contributed by atoms with Gasteiger partial charge >= 0.3 is 5.97 Å². The summed E-state index contributed by atoms with van der Waals surface area (Å²) in [5.41, 5.74) is 1.90. The van der Waals surface area contributed by atoms with Gasteiger partial charge in [0.1, 0.15) is 12.2 Å². The van der Waals surface area contributed by atoms with Crippen LogP contribution in [-0.4, -0.2) is 44.7 Å². The monoisotopic (exact) mass is 285 g/mol. The van der Waals surface area contributed by atoms with Gasteiger partial charge in [-0.1, -0.05) is 30.3 Å². The fraction of sp³-hybridized carbons (Fsp3) is 0.267. The molecule has 1 aromatic heterocycles. The van der Waals surface area contributed by atoms with Crippen LogP contribution >= 0.6 is 0 Å². The first-order chi connectivity index (χ1) is 10.1. The predicted molar refractivity (Wildman–Crippen MR) is 75.7 cm³/mol. The maximum Gasteiger partial charge on any atom is 0.323 e. The molecule has 6 nitrogen and oxygen atoms in total. The molecule has 0 spiro atoms. The second-order valence-electron chi connectivity index (χ2n) is 5.09. The average molecular weight is 285 g/mol. The third kappa shape index (κ3) is 2.94. The van der Waals surface area contributed by atoms with E-state index in [4.69, 9.17) is 5.11 Å². The second kappa shape index (κ2) is 5.40. The van der Waals surface area contributed by atoms with Crippen LogP contribution in [0.5, 0.6) is 0 Å². The lowest BCUT2D eigenvalue weighted by Crippen LogP contribution is -2.37. The topological polar surface area (TPSA) is 86.3 Å². The smallest absolute Gasteiger partial charge is 0.323 e. The molecule has 1 aliphatic carbocycles. The van der Waals surface area contributed by atoms with E-state index in [-0.39, 0.29) is 18.5 Å². The molecule has 2 aromatic rings. The number of aliphatic carboxylic acids is 1. The van der Waals surface area contributed by atoms with E-state index in [2.05, 4.69) is 10.2 Å². The highest BCUT2D eigenvalue weighted by atomic mass is 16.4. The molecule has 0 unspecified atom stereocenters. The lowest BCUT2D eigenvalue weighted by molar-refractivity contribution is -0.137. The van der Waals surface area contributed by atoms with Crippen LogP contribution in [0.2, 0.25) is 0 Å². The Hall–Kier alpha value is -2.63. The predicted octanol–water partition coefficient (Wildman–Crippen LogP) is 1.77. The van der Waals surface area contributed by atoms with Crippen LogP contribution in [0, 0.1) is 0 Å². The number of nitrogens with one attached hydrogen (secondary N) is 1. The Morgan fingerprint density at radius 3 is 2.62 bits per heavy atom. The van der Waals surface area contributed by atoms with Crippen LogP contribution in [0.25, 0.3) is 11.3 Å². The third-order valence-corrected chi connectivity index (χ3v) is 3.43. The van der Waals surface area contributed by atoms with E-state index in [1.165, 1.54) is 4.90 Å². The minimum Gasteiger partial charge on any atom is -0.480 e. The van der Waals surface area contributed by atoms with Crippen molar-refractivity contribution in [1.82, 2.24) is 15.1 Å². The Kier molecular flexibility index (Phi) is 3.43. The minimum absolute atomic E-state index is 0.0390. The summed E-state index contributed by atoms with van der Waals surface area (Å²) in [5.74, 6) is -1.31. The van der Waals surface area contributed by atoms with Crippen molar-refractivity contribution >= 4 is 11.9 Å². The zero-order valence-corrected chi connectivity index (χ0v) is 11.3. The van der Waals surface area contributed by atoms with Gasteiger partial charge in [-0.15, -0.1) is 0 Å². The zero-order chi connectivity index (χ0) is 14.8. The number of aromatic amines is 1. The summed E-state index contributed by atoms with van der Waals surface area (Å²) in [6.07, 6.45) is 1.72. The van der Waals surface area contributed by atoms with Crippen LogP contribution in [0.4, 0.5) is 0 Å². The molecule has 1 amide bonds. The van der Waals surface area contributed by atoms with Crippen molar-refractivity contribution in [3.63, 3.8) is 0 Å². The molecular weight excluding hydrogens is 270 g/mol. The standard InChI is InChI=1S/C15H15N3O3/c19-14(20)9-18(11-6-7-11)15(21)13-8-12(16-17-13)10-4-2-1-3-5-10/h1-5,8,11H,6-7,9H2,(H,16,17)(H,19,20). The van der Waals surface area contributed by atoms with Crippen molar-refractivity contribution in [2.24, 2.45) is 0 Å². The van der Waals surface area contributed by atoms with E-state index in [1.54, 1.807) is 6.07 Å². The number of hydrogen-bond donors (Lipinski definition) is 2. The minimum atomic E-state index is -1.00. The average Bonchev–Trinajstić information content (AvgIpc) is 3.21. The summed E-state index contributed by atoms with van der Waals surface area (Å²) >= 11 is 0. The van der Waals surface area contributed by atoms with Crippen molar-refractivity contribution in [2.45, 2.75) is 18.9 Å². The van der Waals surface area contributed by atoms with Crippen molar-refractivity contribution in [3.05, 3.63) is 42.1 Å². The Labute approximate surface area is 121 Å². The van der Waals surface area contributed by atoms with Crippen LogP contribution in [-0.2, 0) is 4.79 Å². The fourth-order valence-electron chi connectivity index (χ4n) is 2.24. The largest absolute Gasteiger partial charge is 0.480 e. The SMILES string of the molecule is O=C(O)CN(C(=O)c1cc(-c2ccccc2)n[nH]1)C1CC1. The van der Waals surface area contributed by atoms with Gasteiger partial charge in [-0.25, -0.2) is 0 Å². The van der Waals surface area contributed by atoms with Gasteiger partial charge in [0.2, 0.25) is 0 Å². The van der Waals surface area contributed by atoms with Crippen LogP contribution in [0.3, 0.4) is 0 Å². The maximum absolute atomic E-state index is 12.4. The van der Waals surface area contributed by atoms with Gasteiger partial charge in [0.05, 0.1) is 5.69 Å². The molecule has 21 heavy (non-hydrogen) atoms. The normalized spacial score (nSPS) is 13.9. The van der Waals surface area contributed by atoms with E-state index in [1.807, 2.05) is 30.3 Å². The lowest BCUT2D eigenvalue weighted by Gasteiger charge is -2.18. The Morgan fingerprint density at radius 2 is 2.00 bits per heavy atom. The molecular formula is C15H15N3O3. The first kappa shape index (κ1) is 13.4. The molecule has 0 radical (unpaired) electrons. The van der Waals surface area contributed by atoms with Crippen molar-refractivity contribution in [3.8, 4) is 11.3 Å². The second-order valence-corrected chi connectivity index (χ2v) is 5.09. The van der Waals surface area contributed by atoms with Gasteiger partial charge < -0.3 is 10.0 Å². The zero-order valence-electron chi connectivity index (χ0n) is 11.3. The molecule has 0 aliphatic heterocycles. The van der Waals surface area contributed by atoms with Crippen molar-refractivity contribution < 1.29 is 14.7 Å². The molecule has 0 saturated heterocycles. The number of carboxylic acid groups (broad SMARTS) is 1. The number of benzene rings is 1. The van der Waals surface area contributed by atoms with Crippen molar-refractivity contribution in [2.75, 3.05) is 6.54 Å². The molecule has 3 rings (SSSR count). The van der Waals surface area contributed by atoms with E-state index < -0.39 is 5.97 Å². The number of carboxylic acids is 1. The Bertz CT molecular complexity index is 662. The highest BCUT2D eigenvalue weighted by Gasteiger charge is 2.35. The number of rotatable bonds is 5. The first-order valence-electron chi connectivity index (χ1n) is 6.79. The summed E-state index contributed by atoms with van der Waals surface area (Å²) in [6, 6.07) is 11.2. The molecule has 1 aliphatic rings. The van der Waals surface area contributed by atoms with Crippen molar-refractivity contribution in [1.29, 1.82) is 0 Å². The summed E-state index contributed by atoms with van der Waals surface area (Å²) in [6.45, 7) is -0.275. The number of carbonyl (C=O) groups excluding carboxylic acids is 1. The highest BCUT2D eigenvalue weighted by Crippen LogP contribution is 2.28. The van der Waals surface area contributed by atoms with E-state index in [0.717, 1.165) is 18.4 Å². The van der Waals surface area contributed by atoms with Gasteiger partial charge in [0.25, 0.3) is 5.91 Å². The van der Waals surface area contributed by atoms with E-state index in [9.17, 15) is 9.59 Å². The van der Waals surface area contributed by atoms with Gasteiger partial charge in [-0.2, -0.15) is 5.10 Å². The number of nitrogens with zero attached hydrogens (tertiary/aromatic N) is 2. The van der Waals surface area contributed by atoms with Gasteiger partial charge in [-0.05, 0) is 18.9 Å². The number of carbonyl (C=O) groups is 2. The number of H-pyrrole nitrogens is 1. The summed E-state index contributed by atoms with van der Waals surface area (Å²) < 4.78 is 0. The van der Waals surface area contributed by atoms with E-state index >= 15 is 0 Å². The highest BCUT2D eigenvalue weighted by molar-refractivity contribution is 5.95. The van der Waals surface area contributed by atoms with Gasteiger partial charge in [0.15, 0.2) is 0 Å². The number of hydrogen-bond acceptors (Lipinski definition) is 3. The molecule has 0 atom stereocenters. The summed E-state index contributed by atoms with van der Waals surface area (Å²) in [4.78, 5) is 24.7. The van der Waals surface area contributed by atoms with Crippen LogP contribution in [0.1, 0.15) is 23.3 Å². The molecule has 108 valence electrons. The quantitative estimate of drug-likeness (QED) is 0.876. The first-order valence-corrected chi connectivity index (χ1v) is 6.79. The third-order valence-electron chi connectivity index (χ3n) is 3.43. The summed E-state index contributed by atoms with van der Waals surface area (Å²) in [7, 11) is 0. The molecule has 1 fully saturated rings. The Balaban J connectivity index is 1.81. The van der Waals surface area contributed by atoms with E-state index in [0.29, 0.717) is 11.4 Å². The molecule has 1 saturated carbocycles. The van der Waals surface area contributed by atoms with Crippen LogP contribution in [0.15, 0.2) is 36.4 Å². The number of amides is 1. The van der Waals surface area contributed by atoms with Gasteiger partial charge in [-0.3, -0.25) is 14.7 Å². The fourth-order valence-corrected chi connectivity index (χ4v) is 2.24. The Morgan fingerprint density at radius 1 is 1.29 bits per heavy atom. The molecule has 1 heterocycles. The summed E-state index contributed by atoms with van der Waals surface area (Å²) in [5, 5.41) is 15.8. The number of aromatic nitrogens is 2. The van der Waals surface area contributed by atoms with Crippen LogP contribution < -0.4 is 0 Å². The maximum atomic E-state index is 12.4.